The van der Waals surface area contributed by atoms with Gasteiger partial charge in [0.05, 0.1) is 11.6 Å². The average Bonchev–Trinajstić information content (AvgIpc) is 2.67. The molecule has 2 aromatic rings. The summed E-state index contributed by atoms with van der Waals surface area (Å²) in [5, 5.41) is 11.6. The van der Waals surface area contributed by atoms with E-state index in [0.717, 1.165) is 18.5 Å². The Bertz CT molecular complexity index is 839. The van der Waals surface area contributed by atoms with Gasteiger partial charge >= 0.3 is 0 Å². The molecule has 5 heteroatoms. The van der Waals surface area contributed by atoms with Gasteiger partial charge in [0.2, 0.25) is 5.91 Å². The fraction of sp³-hybridized carbons (Fsp3) is 0.250. The topological polar surface area (TPSA) is 73.2 Å². The lowest BCUT2D eigenvalue weighted by molar-refractivity contribution is -0.118. The van der Waals surface area contributed by atoms with E-state index in [1.165, 1.54) is 11.6 Å². The average molecular weight is 333 g/mol. The van der Waals surface area contributed by atoms with Crippen LogP contribution in [0.25, 0.3) is 0 Å². The summed E-state index contributed by atoms with van der Waals surface area (Å²) >= 11 is 0. The van der Waals surface area contributed by atoms with E-state index in [-0.39, 0.29) is 24.8 Å². The molecule has 0 atom stereocenters. The molecular formula is C20H19N3O2. The highest BCUT2D eigenvalue weighted by molar-refractivity contribution is 5.96. The quantitative estimate of drug-likeness (QED) is 0.935. The smallest absolute Gasteiger partial charge is 0.251 e. The van der Waals surface area contributed by atoms with Gasteiger partial charge < -0.3 is 10.2 Å². The van der Waals surface area contributed by atoms with Crippen molar-refractivity contribution in [1.29, 1.82) is 5.26 Å². The summed E-state index contributed by atoms with van der Waals surface area (Å²) < 4.78 is 0. The van der Waals surface area contributed by atoms with Crippen molar-refractivity contribution < 1.29 is 9.59 Å². The number of nitrogens with one attached hydrogen (secondary N) is 1. The number of hydrogen-bond acceptors (Lipinski definition) is 3. The van der Waals surface area contributed by atoms with E-state index in [1.54, 1.807) is 23.1 Å². The molecule has 5 nitrogen and oxygen atoms in total. The highest BCUT2D eigenvalue weighted by Crippen LogP contribution is 2.26. The molecule has 0 bridgehead atoms. The number of anilines is 1. The van der Waals surface area contributed by atoms with Crippen LogP contribution < -0.4 is 10.2 Å². The molecule has 1 aliphatic rings. The lowest BCUT2D eigenvalue weighted by Gasteiger charge is -2.29. The van der Waals surface area contributed by atoms with E-state index in [2.05, 4.69) is 11.4 Å². The van der Waals surface area contributed by atoms with Crippen LogP contribution in [0.5, 0.6) is 0 Å². The molecule has 2 amide bonds. The zero-order valence-corrected chi connectivity index (χ0v) is 13.9. The standard InChI is InChI=1S/C20H19N3O2/c21-14-15-5-3-7-17(13-15)20(25)22-11-10-19(24)23-12-4-8-16-6-1-2-9-18(16)23/h1-3,5-7,9,13H,4,8,10-12H2,(H,22,25). The third-order valence-corrected chi connectivity index (χ3v) is 4.29. The van der Waals surface area contributed by atoms with Gasteiger partial charge in [0.1, 0.15) is 0 Å². The fourth-order valence-corrected chi connectivity index (χ4v) is 3.04. The normalized spacial score (nSPS) is 12.8. The Kier molecular flexibility index (Phi) is 5.10. The van der Waals surface area contributed by atoms with Gasteiger partial charge in [-0.25, -0.2) is 0 Å². The van der Waals surface area contributed by atoms with E-state index >= 15 is 0 Å². The van der Waals surface area contributed by atoms with Crippen LogP contribution in [0.15, 0.2) is 48.5 Å². The molecule has 0 fully saturated rings. The maximum Gasteiger partial charge on any atom is 0.251 e. The van der Waals surface area contributed by atoms with Gasteiger partial charge in [-0.3, -0.25) is 9.59 Å². The lowest BCUT2D eigenvalue weighted by atomic mass is 10.0. The molecule has 1 aliphatic heterocycles. The van der Waals surface area contributed by atoms with Crippen LogP contribution in [0.1, 0.15) is 34.3 Å². The largest absolute Gasteiger partial charge is 0.352 e. The van der Waals surface area contributed by atoms with Crippen molar-refractivity contribution in [2.75, 3.05) is 18.0 Å². The van der Waals surface area contributed by atoms with Crippen molar-refractivity contribution in [2.24, 2.45) is 0 Å². The molecule has 0 saturated carbocycles. The molecule has 25 heavy (non-hydrogen) atoms. The van der Waals surface area contributed by atoms with Gasteiger partial charge in [-0.05, 0) is 42.7 Å². The van der Waals surface area contributed by atoms with Crippen LogP contribution in [0, 0.1) is 11.3 Å². The zero-order chi connectivity index (χ0) is 17.6. The Morgan fingerprint density at radius 1 is 1.16 bits per heavy atom. The molecule has 0 unspecified atom stereocenters. The summed E-state index contributed by atoms with van der Waals surface area (Å²) in [6.45, 7) is 0.987. The maximum atomic E-state index is 12.5. The van der Waals surface area contributed by atoms with Crippen molar-refractivity contribution in [3.63, 3.8) is 0 Å². The van der Waals surface area contributed by atoms with Crippen LogP contribution in [0.2, 0.25) is 0 Å². The number of benzene rings is 2. The van der Waals surface area contributed by atoms with Gasteiger partial charge in [0.15, 0.2) is 0 Å². The lowest BCUT2D eigenvalue weighted by Crippen LogP contribution is -2.37. The van der Waals surface area contributed by atoms with Gasteiger partial charge in [-0.15, -0.1) is 0 Å². The summed E-state index contributed by atoms with van der Waals surface area (Å²) in [5.41, 5.74) is 3.04. The summed E-state index contributed by atoms with van der Waals surface area (Å²) in [6.07, 6.45) is 2.19. The molecule has 0 aromatic heterocycles. The number of hydrogen-bond donors (Lipinski definition) is 1. The molecule has 2 aromatic carbocycles. The minimum absolute atomic E-state index is 0.0122. The summed E-state index contributed by atoms with van der Waals surface area (Å²) in [5.74, 6) is -0.262. The number of carbonyl (C=O) groups excluding carboxylic acids is 2. The van der Waals surface area contributed by atoms with E-state index in [4.69, 9.17) is 5.26 Å². The minimum atomic E-state index is -0.274. The maximum absolute atomic E-state index is 12.5. The predicted octanol–water partition coefficient (Wildman–Crippen LogP) is 2.66. The number of rotatable bonds is 4. The number of carbonyl (C=O) groups is 2. The number of fused-ring (bicyclic) bond motifs is 1. The second-order valence-corrected chi connectivity index (χ2v) is 5.98. The second kappa shape index (κ2) is 7.63. The summed E-state index contributed by atoms with van der Waals surface area (Å²) in [6, 6.07) is 16.5. The fourth-order valence-electron chi connectivity index (χ4n) is 3.04. The molecule has 0 radical (unpaired) electrons. The van der Waals surface area contributed by atoms with E-state index in [1.807, 2.05) is 24.3 Å². The van der Waals surface area contributed by atoms with Crippen LogP contribution in [0.4, 0.5) is 5.69 Å². The van der Waals surface area contributed by atoms with Gasteiger partial charge in [-0.1, -0.05) is 24.3 Å². The highest BCUT2D eigenvalue weighted by atomic mass is 16.2. The Morgan fingerprint density at radius 2 is 2.00 bits per heavy atom. The van der Waals surface area contributed by atoms with E-state index in [9.17, 15) is 9.59 Å². The molecule has 0 aliphatic carbocycles. The number of aryl methyl sites for hydroxylation is 1. The minimum Gasteiger partial charge on any atom is -0.352 e. The Hall–Kier alpha value is -3.13. The SMILES string of the molecule is N#Cc1cccc(C(=O)NCCC(=O)N2CCCc3ccccc32)c1. The van der Waals surface area contributed by atoms with Crippen molar-refractivity contribution in [1.82, 2.24) is 5.32 Å². The highest BCUT2D eigenvalue weighted by Gasteiger charge is 2.21. The third-order valence-electron chi connectivity index (χ3n) is 4.29. The molecule has 0 saturated heterocycles. The van der Waals surface area contributed by atoms with Crippen LogP contribution >= 0.6 is 0 Å². The van der Waals surface area contributed by atoms with Crippen molar-refractivity contribution in [2.45, 2.75) is 19.3 Å². The molecular weight excluding hydrogens is 314 g/mol. The van der Waals surface area contributed by atoms with Crippen LogP contribution in [-0.4, -0.2) is 24.9 Å². The first-order valence-corrected chi connectivity index (χ1v) is 8.35. The van der Waals surface area contributed by atoms with Gasteiger partial charge in [-0.2, -0.15) is 5.26 Å². The summed E-state index contributed by atoms with van der Waals surface area (Å²) in [7, 11) is 0. The number of para-hydroxylation sites is 1. The van der Waals surface area contributed by atoms with Crippen molar-refractivity contribution in [3.05, 3.63) is 65.2 Å². The molecule has 1 N–H and O–H groups in total. The monoisotopic (exact) mass is 333 g/mol. The van der Waals surface area contributed by atoms with Crippen LogP contribution in [0.3, 0.4) is 0 Å². The van der Waals surface area contributed by atoms with Crippen molar-refractivity contribution >= 4 is 17.5 Å². The Labute approximate surface area is 146 Å². The van der Waals surface area contributed by atoms with Crippen LogP contribution in [-0.2, 0) is 11.2 Å². The first-order valence-electron chi connectivity index (χ1n) is 8.35. The Morgan fingerprint density at radius 3 is 2.84 bits per heavy atom. The van der Waals surface area contributed by atoms with Crippen molar-refractivity contribution in [3.8, 4) is 6.07 Å². The van der Waals surface area contributed by atoms with E-state index in [0.29, 0.717) is 17.7 Å². The number of nitrogens with zero attached hydrogens (tertiary/aromatic N) is 2. The first-order chi connectivity index (χ1) is 12.2. The Balaban J connectivity index is 1.57. The third kappa shape index (κ3) is 3.86. The molecule has 126 valence electrons. The van der Waals surface area contributed by atoms with Gasteiger partial charge in [0.25, 0.3) is 5.91 Å². The van der Waals surface area contributed by atoms with Gasteiger partial charge in [0, 0.05) is 30.8 Å². The zero-order valence-electron chi connectivity index (χ0n) is 13.9. The second-order valence-electron chi connectivity index (χ2n) is 5.98. The van der Waals surface area contributed by atoms with E-state index < -0.39 is 0 Å². The molecule has 0 spiro atoms. The number of nitriles is 1. The summed E-state index contributed by atoms with van der Waals surface area (Å²) in [4.78, 5) is 26.4. The first kappa shape index (κ1) is 16.7. The molecule has 3 rings (SSSR count). The predicted molar refractivity (Wildman–Crippen MR) is 95.2 cm³/mol. The molecule has 1 heterocycles. The number of amides is 2.